The van der Waals surface area contributed by atoms with Crippen molar-refractivity contribution >= 4 is 32.7 Å². The van der Waals surface area contributed by atoms with E-state index in [1.165, 1.54) is 77.2 Å². The number of furan rings is 1. The maximum Gasteiger partial charge on any atom is 0.136 e. The van der Waals surface area contributed by atoms with Gasteiger partial charge in [-0.05, 0) is 91.4 Å². The van der Waals surface area contributed by atoms with Crippen molar-refractivity contribution in [1.29, 1.82) is 0 Å². The maximum atomic E-state index is 6.43. The zero-order valence-corrected chi connectivity index (χ0v) is 21.3. The van der Waals surface area contributed by atoms with Gasteiger partial charge in [-0.15, -0.1) is 0 Å². The van der Waals surface area contributed by atoms with E-state index >= 15 is 0 Å². The van der Waals surface area contributed by atoms with Gasteiger partial charge in [-0.25, -0.2) is 0 Å². The minimum Gasteiger partial charge on any atom is -0.456 e. The molecule has 0 radical (unpaired) electrons. The van der Waals surface area contributed by atoms with Crippen molar-refractivity contribution in [3.63, 3.8) is 0 Å². The third kappa shape index (κ3) is 2.42. The van der Waals surface area contributed by atoms with E-state index in [0.717, 1.165) is 11.2 Å². The van der Waals surface area contributed by atoms with Crippen LogP contribution in [0.2, 0.25) is 0 Å². The highest BCUT2D eigenvalue weighted by atomic mass is 16.3. The van der Waals surface area contributed by atoms with E-state index in [4.69, 9.17) is 4.42 Å². The van der Waals surface area contributed by atoms with Crippen LogP contribution in [-0.2, 0) is 5.41 Å². The Hall–Kier alpha value is -4.62. The highest BCUT2D eigenvalue weighted by Gasteiger charge is 2.40. The molecule has 0 fully saturated rings. The first kappa shape index (κ1) is 20.4. The van der Waals surface area contributed by atoms with Gasteiger partial charge in [0.05, 0.1) is 0 Å². The Morgan fingerprint density at radius 2 is 1.21 bits per heavy atom. The summed E-state index contributed by atoms with van der Waals surface area (Å²) in [5.41, 5.74) is 15.0. The molecule has 0 saturated heterocycles. The van der Waals surface area contributed by atoms with E-state index in [0.29, 0.717) is 0 Å². The molecular formula is C37H24O. The van der Waals surface area contributed by atoms with Gasteiger partial charge < -0.3 is 4.42 Å². The van der Waals surface area contributed by atoms with Crippen LogP contribution in [0.4, 0.5) is 0 Å². The summed E-state index contributed by atoms with van der Waals surface area (Å²) < 4.78 is 6.43. The Morgan fingerprint density at radius 1 is 0.474 bits per heavy atom. The van der Waals surface area contributed by atoms with E-state index in [2.05, 4.69) is 123 Å². The van der Waals surface area contributed by atoms with Gasteiger partial charge in [-0.1, -0.05) is 92.7 Å². The Morgan fingerprint density at radius 3 is 2.08 bits per heavy atom. The average Bonchev–Trinajstić information content (AvgIpc) is 3.41. The van der Waals surface area contributed by atoms with Gasteiger partial charge in [0.1, 0.15) is 11.2 Å². The van der Waals surface area contributed by atoms with Gasteiger partial charge in [-0.2, -0.15) is 0 Å². The van der Waals surface area contributed by atoms with E-state index in [-0.39, 0.29) is 5.41 Å². The second-order valence-electron chi connectivity index (χ2n) is 11.3. The first-order valence-corrected chi connectivity index (χ1v) is 13.4. The lowest BCUT2D eigenvalue weighted by atomic mass is 9.79. The van der Waals surface area contributed by atoms with Gasteiger partial charge in [0.15, 0.2) is 0 Å². The molecule has 1 heterocycles. The summed E-state index contributed by atoms with van der Waals surface area (Å²) in [5.74, 6) is 0. The first-order valence-electron chi connectivity index (χ1n) is 13.4. The standard InChI is InChI=1S/C37H24O/c1-37(2)28-16-14-22-15-17-31-36-32(22)35(28)33-27(26-12-7-13-30(38-31)34(26)36)19-25(20-29(33)37)24-11-6-10-23(18-24)21-8-4-3-5-9-21/h3-20H,1-2H3. The number of fused-ring (bicyclic) bond motifs is 1. The summed E-state index contributed by atoms with van der Waals surface area (Å²) in [4.78, 5) is 0. The van der Waals surface area contributed by atoms with Crippen molar-refractivity contribution in [3.05, 3.63) is 120 Å². The van der Waals surface area contributed by atoms with Gasteiger partial charge >= 0.3 is 0 Å². The lowest BCUT2D eigenvalue weighted by molar-refractivity contribution is 0.661. The summed E-state index contributed by atoms with van der Waals surface area (Å²) in [6, 6.07) is 40.1. The minimum absolute atomic E-state index is 0.0992. The zero-order chi connectivity index (χ0) is 25.2. The zero-order valence-electron chi connectivity index (χ0n) is 21.3. The number of rotatable bonds is 2. The summed E-state index contributed by atoms with van der Waals surface area (Å²) in [7, 11) is 0. The molecule has 9 rings (SSSR count). The van der Waals surface area contributed by atoms with E-state index < -0.39 is 0 Å². The fourth-order valence-corrected chi connectivity index (χ4v) is 7.17. The lowest BCUT2D eigenvalue weighted by Crippen LogP contribution is -2.15. The van der Waals surface area contributed by atoms with Crippen molar-refractivity contribution < 1.29 is 4.42 Å². The molecule has 2 aliphatic carbocycles. The summed E-state index contributed by atoms with van der Waals surface area (Å²) in [6.45, 7) is 4.77. The Labute approximate surface area is 221 Å². The molecule has 178 valence electrons. The molecule has 2 aliphatic rings. The topological polar surface area (TPSA) is 13.1 Å². The average molecular weight is 485 g/mol. The molecule has 0 bridgehead atoms. The SMILES string of the molecule is CC1(C)c2cc(-c3cccc(-c4ccccc4)c3)cc3c2-c2c1ccc1ccc4oc5cccc-3c5c4c21. The van der Waals surface area contributed by atoms with E-state index in [1.807, 2.05) is 0 Å². The third-order valence-electron chi connectivity index (χ3n) is 8.97. The Balaban J connectivity index is 1.43. The van der Waals surface area contributed by atoms with Crippen LogP contribution in [0.5, 0.6) is 0 Å². The van der Waals surface area contributed by atoms with Crippen LogP contribution in [0, 0.1) is 0 Å². The van der Waals surface area contributed by atoms with Gasteiger partial charge in [0, 0.05) is 21.6 Å². The van der Waals surface area contributed by atoms with Crippen LogP contribution >= 0.6 is 0 Å². The molecule has 0 spiro atoms. The second kappa shape index (κ2) is 6.82. The van der Waals surface area contributed by atoms with E-state index in [1.54, 1.807) is 0 Å². The largest absolute Gasteiger partial charge is 0.456 e. The number of benzene rings is 6. The molecule has 0 amide bonds. The van der Waals surface area contributed by atoms with Crippen LogP contribution < -0.4 is 0 Å². The Bertz CT molecular complexity index is 2140. The molecule has 1 aromatic heterocycles. The molecule has 7 aromatic rings. The summed E-state index contributed by atoms with van der Waals surface area (Å²) in [5, 5.41) is 5.13. The molecule has 38 heavy (non-hydrogen) atoms. The lowest BCUT2D eigenvalue weighted by Gasteiger charge is -2.23. The molecule has 0 N–H and O–H groups in total. The minimum atomic E-state index is -0.0992. The molecule has 0 saturated carbocycles. The fraction of sp³-hybridized carbons (Fsp3) is 0.0811. The normalized spacial score (nSPS) is 14.3. The number of hydrogen-bond acceptors (Lipinski definition) is 1. The number of hydrogen-bond donors (Lipinski definition) is 0. The van der Waals surface area contributed by atoms with Gasteiger partial charge in [0.25, 0.3) is 0 Å². The monoisotopic (exact) mass is 484 g/mol. The highest BCUT2D eigenvalue weighted by molar-refractivity contribution is 6.30. The second-order valence-corrected chi connectivity index (χ2v) is 11.3. The van der Waals surface area contributed by atoms with Crippen LogP contribution in [0.25, 0.3) is 77.2 Å². The van der Waals surface area contributed by atoms with Gasteiger partial charge in [-0.3, -0.25) is 0 Å². The fourth-order valence-electron chi connectivity index (χ4n) is 7.17. The van der Waals surface area contributed by atoms with Crippen LogP contribution in [0.1, 0.15) is 25.0 Å². The third-order valence-corrected chi connectivity index (χ3v) is 8.97. The van der Waals surface area contributed by atoms with Crippen LogP contribution in [0.3, 0.4) is 0 Å². The van der Waals surface area contributed by atoms with Crippen molar-refractivity contribution in [1.82, 2.24) is 0 Å². The predicted octanol–water partition coefficient (Wildman–Crippen LogP) is 10.4. The molecule has 0 atom stereocenters. The molecular weight excluding hydrogens is 460 g/mol. The summed E-state index contributed by atoms with van der Waals surface area (Å²) >= 11 is 0. The van der Waals surface area contributed by atoms with Gasteiger partial charge in [0.2, 0.25) is 0 Å². The molecule has 0 aliphatic heterocycles. The quantitative estimate of drug-likeness (QED) is 0.238. The molecule has 1 nitrogen and oxygen atoms in total. The van der Waals surface area contributed by atoms with Crippen molar-refractivity contribution in [2.24, 2.45) is 0 Å². The molecule has 0 unspecified atom stereocenters. The predicted molar refractivity (Wildman–Crippen MR) is 159 cm³/mol. The van der Waals surface area contributed by atoms with Crippen LogP contribution in [0.15, 0.2) is 114 Å². The molecule has 6 aromatic carbocycles. The first-order chi connectivity index (χ1) is 18.6. The van der Waals surface area contributed by atoms with Crippen molar-refractivity contribution in [2.75, 3.05) is 0 Å². The van der Waals surface area contributed by atoms with Crippen molar-refractivity contribution in [2.45, 2.75) is 19.3 Å². The summed E-state index contributed by atoms with van der Waals surface area (Å²) in [6.07, 6.45) is 0. The Kier molecular flexibility index (Phi) is 3.67. The van der Waals surface area contributed by atoms with E-state index in [9.17, 15) is 0 Å². The van der Waals surface area contributed by atoms with Crippen LogP contribution in [-0.4, -0.2) is 0 Å². The molecule has 1 heteroatoms. The smallest absolute Gasteiger partial charge is 0.136 e. The highest BCUT2D eigenvalue weighted by Crippen LogP contribution is 2.59. The van der Waals surface area contributed by atoms with Crippen molar-refractivity contribution in [3.8, 4) is 44.5 Å². The maximum absolute atomic E-state index is 6.43.